The zero-order valence-electron chi connectivity index (χ0n) is 22.2. The molecule has 1 N–H and O–H groups in total. The molecule has 0 fully saturated rings. The molecule has 0 aliphatic carbocycles. The van der Waals surface area contributed by atoms with Crippen LogP contribution in [0.3, 0.4) is 0 Å². The van der Waals surface area contributed by atoms with Gasteiger partial charge in [-0.3, -0.25) is 4.79 Å². The van der Waals surface area contributed by atoms with Crippen molar-refractivity contribution in [2.75, 3.05) is 0 Å². The third kappa shape index (κ3) is 5.65. The van der Waals surface area contributed by atoms with Crippen molar-refractivity contribution in [2.24, 2.45) is 0 Å². The fourth-order valence-corrected chi connectivity index (χ4v) is 4.36. The fraction of sp³-hybridized carbons (Fsp3) is 0.233. The van der Waals surface area contributed by atoms with Crippen molar-refractivity contribution < 1.29 is 14.1 Å². The molecule has 0 spiro atoms. The van der Waals surface area contributed by atoms with E-state index in [2.05, 4.69) is 21.5 Å². The minimum atomic E-state index is -0.546. The molecule has 0 aliphatic rings. The summed E-state index contributed by atoms with van der Waals surface area (Å²) in [5.74, 6) is 0.867. The number of pyridine rings is 1. The second-order valence-corrected chi connectivity index (χ2v) is 9.64. The van der Waals surface area contributed by atoms with E-state index in [1.165, 1.54) is 6.07 Å². The number of rotatable bonds is 8. The summed E-state index contributed by atoms with van der Waals surface area (Å²) < 4.78 is 12.9. The van der Waals surface area contributed by atoms with Crippen molar-refractivity contribution in [3.05, 3.63) is 101 Å². The fourth-order valence-electron chi connectivity index (χ4n) is 4.36. The quantitative estimate of drug-likeness (QED) is 0.292. The number of ether oxygens (including phenoxy) is 1. The lowest BCUT2D eigenvalue weighted by molar-refractivity contribution is 0.0934. The molecule has 0 unspecified atom stereocenters. The topological polar surface area (TPSA) is 118 Å². The van der Waals surface area contributed by atoms with Crippen molar-refractivity contribution in [2.45, 2.75) is 46.3 Å². The number of carbonyl (C=O) groups is 1. The molecular formula is C30H28N6O3. The van der Waals surface area contributed by atoms with Gasteiger partial charge < -0.3 is 19.0 Å². The zero-order chi connectivity index (χ0) is 27.5. The molecule has 196 valence electrons. The van der Waals surface area contributed by atoms with Crippen LogP contribution in [0.15, 0.2) is 71.5 Å². The van der Waals surface area contributed by atoms with Crippen LogP contribution in [0.5, 0.6) is 5.75 Å². The number of nitrogens with one attached hydrogen (secondary N) is 1. The van der Waals surface area contributed by atoms with Gasteiger partial charge in [-0.05, 0) is 56.2 Å². The first-order valence-electron chi connectivity index (χ1n) is 12.7. The van der Waals surface area contributed by atoms with Gasteiger partial charge in [-0.25, -0.2) is 4.98 Å². The van der Waals surface area contributed by atoms with Crippen LogP contribution in [0.2, 0.25) is 0 Å². The number of aromatic nitrogens is 4. The van der Waals surface area contributed by atoms with E-state index >= 15 is 0 Å². The molecule has 0 bridgehead atoms. The lowest BCUT2D eigenvalue weighted by atomic mass is 10.0. The first-order valence-corrected chi connectivity index (χ1v) is 12.7. The normalized spacial score (nSPS) is 11.9. The highest BCUT2D eigenvalue weighted by Gasteiger charge is 2.22. The van der Waals surface area contributed by atoms with Crippen molar-refractivity contribution in [3.63, 3.8) is 0 Å². The second-order valence-electron chi connectivity index (χ2n) is 9.64. The number of amides is 1. The Morgan fingerprint density at radius 1 is 1.13 bits per heavy atom. The first-order chi connectivity index (χ1) is 18.8. The average molecular weight is 521 g/mol. The molecule has 0 aliphatic heterocycles. The minimum Gasteiger partial charge on any atom is -0.490 e. The maximum absolute atomic E-state index is 13.2. The Bertz CT molecular complexity index is 1680. The monoisotopic (exact) mass is 520 g/mol. The summed E-state index contributed by atoms with van der Waals surface area (Å²) >= 11 is 0. The summed E-state index contributed by atoms with van der Waals surface area (Å²) in [5, 5.41) is 16.6. The van der Waals surface area contributed by atoms with Crippen LogP contribution in [-0.4, -0.2) is 31.5 Å². The molecule has 1 atom stereocenters. The van der Waals surface area contributed by atoms with Gasteiger partial charge >= 0.3 is 0 Å². The number of hydrogen-bond acceptors (Lipinski definition) is 7. The summed E-state index contributed by atoms with van der Waals surface area (Å²) in [7, 11) is 0. The first kappa shape index (κ1) is 25.7. The molecule has 5 rings (SSSR count). The third-order valence-electron chi connectivity index (χ3n) is 6.25. The number of aryl methyl sites for hydroxylation is 2. The standard InChI is InChI=1S/C30H28N6O3/c1-18(2)38-27-12-11-23(15-24(27)16-31)30(37)34-25(28-32-20(4)39-35-28)14-21-7-9-22(10-8-21)26-17-36-13-5-6-19(3)29(36)33-26/h5-13,15,17-18,25H,14H2,1-4H3,(H,34,37)/t25-/m0/s1. The predicted molar refractivity (Wildman–Crippen MR) is 145 cm³/mol. The van der Waals surface area contributed by atoms with Gasteiger partial charge in [0.15, 0.2) is 5.82 Å². The van der Waals surface area contributed by atoms with Crippen molar-refractivity contribution >= 4 is 11.6 Å². The number of nitriles is 1. The summed E-state index contributed by atoms with van der Waals surface area (Å²) in [6, 6.07) is 18.4. The summed E-state index contributed by atoms with van der Waals surface area (Å²) in [6.45, 7) is 7.50. The average Bonchev–Trinajstić information content (AvgIpc) is 3.56. The highest BCUT2D eigenvalue weighted by atomic mass is 16.5. The van der Waals surface area contributed by atoms with Crippen LogP contribution in [-0.2, 0) is 6.42 Å². The molecule has 3 aromatic heterocycles. The van der Waals surface area contributed by atoms with Crippen LogP contribution in [0, 0.1) is 25.2 Å². The smallest absolute Gasteiger partial charge is 0.251 e. The second kappa shape index (κ2) is 10.8. The van der Waals surface area contributed by atoms with Gasteiger partial charge in [-0.2, -0.15) is 10.2 Å². The number of imidazole rings is 1. The molecular weight excluding hydrogens is 492 g/mol. The van der Waals surface area contributed by atoms with Crippen LogP contribution in [0.1, 0.15) is 58.7 Å². The number of hydrogen-bond donors (Lipinski definition) is 1. The van der Waals surface area contributed by atoms with Gasteiger partial charge in [-0.15, -0.1) is 0 Å². The molecule has 0 saturated carbocycles. The maximum atomic E-state index is 13.2. The van der Waals surface area contributed by atoms with Crippen LogP contribution >= 0.6 is 0 Å². The Morgan fingerprint density at radius 3 is 2.59 bits per heavy atom. The molecule has 9 nitrogen and oxygen atoms in total. The van der Waals surface area contributed by atoms with E-state index in [-0.39, 0.29) is 12.0 Å². The van der Waals surface area contributed by atoms with Gasteiger partial charge in [0, 0.05) is 36.9 Å². The molecule has 3 heterocycles. The molecule has 9 heteroatoms. The van der Waals surface area contributed by atoms with E-state index in [0.29, 0.717) is 35.0 Å². The van der Waals surface area contributed by atoms with Crippen molar-refractivity contribution in [1.82, 2.24) is 24.8 Å². The number of fused-ring (bicyclic) bond motifs is 1. The number of benzene rings is 2. The van der Waals surface area contributed by atoms with E-state index < -0.39 is 6.04 Å². The highest BCUT2D eigenvalue weighted by Crippen LogP contribution is 2.25. The Hall–Kier alpha value is -4.97. The molecule has 0 radical (unpaired) electrons. The largest absolute Gasteiger partial charge is 0.490 e. The van der Waals surface area contributed by atoms with Crippen molar-refractivity contribution in [3.8, 4) is 23.1 Å². The highest BCUT2D eigenvalue weighted by molar-refractivity contribution is 5.95. The van der Waals surface area contributed by atoms with E-state index in [4.69, 9.17) is 14.2 Å². The van der Waals surface area contributed by atoms with Crippen LogP contribution < -0.4 is 10.1 Å². The number of nitrogens with zero attached hydrogens (tertiary/aromatic N) is 5. The zero-order valence-corrected chi connectivity index (χ0v) is 22.2. The van der Waals surface area contributed by atoms with Gasteiger partial charge in [0.05, 0.1) is 23.4 Å². The molecule has 5 aromatic rings. The Kier molecular flexibility index (Phi) is 7.10. The van der Waals surface area contributed by atoms with Gasteiger partial charge in [0.1, 0.15) is 17.5 Å². The third-order valence-corrected chi connectivity index (χ3v) is 6.25. The number of carbonyl (C=O) groups excluding carboxylic acids is 1. The van der Waals surface area contributed by atoms with Crippen molar-refractivity contribution in [1.29, 1.82) is 5.26 Å². The summed E-state index contributed by atoms with van der Waals surface area (Å²) in [6.07, 6.45) is 4.34. The Labute approximate surface area is 226 Å². The molecule has 39 heavy (non-hydrogen) atoms. The van der Waals surface area contributed by atoms with Gasteiger partial charge in [-0.1, -0.05) is 35.5 Å². The molecule has 0 saturated heterocycles. The summed E-state index contributed by atoms with van der Waals surface area (Å²) in [4.78, 5) is 22.3. The molecule has 2 aromatic carbocycles. The van der Waals surface area contributed by atoms with Crippen LogP contribution in [0.4, 0.5) is 0 Å². The van der Waals surface area contributed by atoms with E-state index in [0.717, 1.165) is 28.0 Å². The van der Waals surface area contributed by atoms with Crippen LogP contribution in [0.25, 0.3) is 16.9 Å². The Morgan fingerprint density at radius 2 is 1.92 bits per heavy atom. The van der Waals surface area contributed by atoms with E-state index in [1.807, 2.05) is 74.0 Å². The minimum absolute atomic E-state index is 0.0918. The van der Waals surface area contributed by atoms with Gasteiger partial charge in [0.25, 0.3) is 5.91 Å². The Balaban J connectivity index is 1.37. The maximum Gasteiger partial charge on any atom is 0.251 e. The van der Waals surface area contributed by atoms with Gasteiger partial charge in [0.2, 0.25) is 5.89 Å². The SMILES string of the molecule is Cc1nc([C@H](Cc2ccc(-c3cn4cccc(C)c4n3)cc2)NC(=O)c2ccc(OC(C)C)c(C#N)c2)no1. The lowest BCUT2D eigenvalue weighted by Crippen LogP contribution is -2.31. The lowest BCUT2D eigenvalue weighted by Gasteiger charge is -2.17. The van der Waals surface area contributed by atoms with E-state index in [9.17, 15) is 10.1 Å². The molecule has 1 amide bonds. The van der Waals surface area contributed by atoms with E-state index in [1.54, 1.807) is 19.1 Å². The summed E-state index contributed by atoms with van der Waals surface area (Å²) in [5.41, 5.74) is 5.52. The predicted octanol–water partition coefficient (Wildman–Crippen LogP) is 5.37.